The minimum atomic E-state index is 0.435. The van der Waals surface area contributed by atoms with Crippen LogP contribution in [0.15, 0.2) is 37.2 Å². The first-order chi connectivity index (χ1) is 8.79. The number of aromatic nitrogens is 3. The van der Waals surface area contributed by atoms with Crippen LogP contribution in [0, 0.1) is 0 Å². The molecule has 0 saturated carbocycles. The molecule has 0 aliphatic rings. The molecular weight excluding hydrogens is 224 g/mol. The monoisotopic (exact) mass is 246 g/mol. The highest BCUT2D eigenvalue weighted by atomic mass is 15.0. The molecule has 0 bridgehead atoms. The number of nitrogens with zero attached hydrogens (tertiary/aromatic N) is 3. The largest absolute Gasteiger partial charge is 0.354 e. The van der Waals surface area contributed by atoms with Crippen LogP contribution in [0.2, 0.25) is 0 Å². The van der Waals surface area contributed by atoms with E-state index in [9.17, 15) is 0 Å². The van der Waals surface area contributed by atoms with Crippen molar-refractivity contribution in [2.75, 3.05) is 6.54 Å². The summed E-state index contributed by atoms with van der Waals surface area (Å²) >= 11 is 0. The standard InChI is InChI=1S/C14H22N4/c1-3-16-13(2)14-5-9-17(11-14)7-4-8-18-10-6-15-12-18/h5-6,9-13,16H,3-4,7-8H2,1-2H3. The molecule has 0 aromatic carbocycles. The van der Waals surface area contributed by atoms with Crippen molar-refractivity contribution in [1.29, 1.82) is 0 Å². The normalized spacial score (nSPS) is 12.8. The van der Waals surface area contributed by atoms with Gasteiger partial charge in [-0.3, -0.25) is 0 Å². The van der Waals surface area contributed by atoms with Crippen molar-refractivity contribution in [2.45, 2.75) is 39.4 Å². The van der Waals surface area contributed by atoms with Gasteiger partial charge in [-0.2, -0.15) is 0 Å². The second-order valence-corrected chi connectivity index (χ2v) is 4.62. The van der Waals surface area contributed by atoms with Crippen LogP contribution in [0.1, 0.15) is 31.9 Å². The number of aryl methyl sites for hydroxylation is 2. The highest BCUT2D eigenvalue weighted by molar-refractivity contribution is 5.14. The van der Waals surface area contributed by atoms with E-state index in [1.54, 1.807) is 0 Å². The summed E-state index contributed by atoms with van der Waals surface area (Å²) in [5.74, 6) is 0. The maximum Gasteiger partial charge on any atom is 0.0945 e. The molecule has 18 heavy (non-hydrogen) atoms. The zero-order chi connectivity index (χ0) is 12.8. The Balaban J connectivity index is 1.79. The van der Waals surface area contributed by atoms with Crippen molar-refractivity contribution in [1.82, 2.24) is 19.4 Å². The summed E-state index contributed by atoms with van der Waals surface area (Å²) in [7, 11) is 0. The highest BCUT2D eigenvalue weighted by Gasteiger charge is 2.04. The van der Waals surface area contributed by atoms with Gasteiger partial charge in [-0.25, -0.2) is 4.98 Å². The lowest BCUT2D eigenvalue weighted by atomic mass is 10.2. The second-order valence-electron chi connectivity index (χ2n) is 4.62. The molecule has 1 N–H and O–H groups in total. The molecule has 1 atom stereocenters. The fraction of sp³-hybridized carbons (Fsp3) is 0.500. The minimum Gasteiger partial charge on any atom is -0.354 e. The third kappa shape index (κ3) is 3.47. The molecule has 0 fully saturated rings. The third-order valence-corrected chi connectivity index (χ3v) is 3.18. The Bertz CT molecular complexity index is 444. The van der Waals surface area contributed by atoms with E-state index in [-0.39, 0.29) is 0 Å². The highest BCUT2D eigenvalue weighted by Crippen LogP contribution is 2.12. The van der Waals surface area contributed by atoms with Crippen molar-refractivity contribution in [3.05, 3.63) is 42.7 Å². The topological polar surface area (TPSA) is 34.8 Å². The fourth-order valence-corrected chi connectivity index (χ4v) is 2.13. The summed E-state index contributed by atoms with van der Waals surface area (Å²) in [6, 6.07) is 2.63. The van der Waals surface area contributed by atoms with Crippen LogP contribution >= 0.6 is 0 Å². The Morgan fingerprint density at radius 2 is 2.11 bits per heavy atom. The lowest BCUT2D eigenvalue weighted by molar-refractivity contribution is 0.559. The van der Waals surface area contributed by atoms with E-state index >= 15 is 0 Å². The average Bonchev–Trinajstić information content (AvgIpc) is 3.00. The first kappa shape index (κ1) is 12.9. The summed E-state index contributed by atoms with van der Waals surface area (Å²) in [4.78, 5) is 4.04. The van der Waals surface area contributed by atoms with Crippen LogP contribution in [0.25, 0.3) is 0 Å². The lowest BCUT2D eigenvalue weighted by Gasteiger charge is -2.10. The number of hydrogen-bond acceptors (Lipinski definition) is 2. The molecule has 2 aromatic heterocycles. The maximum atomic E-state index is 4.04. The predicted octanol–water partition coefficient (Wildman–Crippen LogP) is 2.45. The average molecular weight is 246 g/mol. The van der Waals surface area contributed by atoms with Crippen molar-refractivity contribution in [3.8, 4) is 0 Å². The molecule has 0 aliphatic heterocycles. The van der Waals surface area contributed by atoms with Gasteiger partial charge in [0.25, 0.3) is 0 Å². The lowest BCUT2D eigenvalue weighted by Crippen LogP contribution is -2.17. The molecule has 4 heteroatoms. The molecular formula is C14H22N4. The molecule has 4 nitrogen and oxygen atoms in total. The van der Waals surface area contributed by atoms with Crippen molar-refractivity contribution in [3.63, 3.8) is 0 Å². The number of hydrogen-bond donors (Lipinski definition) is 1. The van der Waals surface area contributed by atoms with Gasteiger partial charge >= 0.3 is 0 Å². The van der Waals surface area contributed by atoms with E-state index in [2.05, 4.69) is 51.7 Å². The van der Waals surface area contributed by atoms with E-state index in [0.717, 1.165) is 26.1 Å². The molecule has 0 amide bonds. The minimum absolute atomic E-state index is 0.435. The van der Waals surface area contributed by atoms with E-state index in [1.807, 2.05) is 18.7 Å². The van der Waals surface area contributed by atoms with Gasteiger partial charge in [-0.05, 0) is 31.5 Å². The van der Waals surface area contributed by atoms with Crippen LogP contribution < -0.4 is 5.32 Å². The molecule has 0 saturated heterocycles. The second kappa shape index (κ2) is 6.40. The number of nitrogens with one attached hydrogen (secondary N) is 1. The van der Waals surface area contributed by atoms with Gasteiger partial charge in [-0.1, -0.05) is 6.92 Å². The zero-order valence-electron chi connectivity index (χ0n) is 11.2. The quantitative estimate of drug-likeness (QED) is 0.814. The van der Waals surface area contributed by atoms with Gasteiger partial charge in [-0.15, -0.1) is 0 Å². The van der Waals surface area contributed by atoms with Crippen LogP contribution in [-0.4, -0.2) is 20.7 Å². The summed E-state index contributed by atoms with van der Waals surface area (Å²) in [6.07, 6.45) is 11.2. The summed E-state index contributed by atoms with van der Waals surface area (Å²) in [5, 5.41) is 3.43. The predicted molar refractivity (Wildman–Crippen MR) is 73.4 cm³/mol. The summed E-state index contributed by atoms with van der Waals surface area (Å²) < 4.78 is 4.38. The first-order valence-electron chi connectivity index (χ1n) is 6.64. The molecule has 2 aromatic rings. The Kier molecular flexibility index (Phi) is 4.59. The van der Waals surface area contributed by atoms with Gasteiger partial charge in [0.2, 0.25) is 0 Å². The summed E-state index contributed by atoms with van der Waals surface area (Å²) in [6.45, 7) is 7.42. The van der Waals surface area contributed by atoms with Crippen LogP contribution in [0.5, 0.6) is 0 Å². The Morgan fingerprint density at radius 3 is 2.83 bits per heavy atom. The van der Waals surface area contributed by atoms with E-state index < -0.39 is 0 Å². The first-order valence-corrected chi connectivity index (χ1v) is 6.64. The van der Waals surface area contributed by atoms with Crippen molar-refractivity contribution < 1.29 is 0 Å². The van der Waals surface area contributed by atoms with Crippen LogP contribution in [-0.2, 0) is 13.1 Å². The zero-order valence-corrected chi connectivity index (χ0v) is 11.2. The molecule has 98 valence electrons. The number of imidazole rings is 1. The van der Waals surface area contributed by atoms with Gasteiger partial charge in [0.15, 0.2) is 0 Å². The maximum absolute atomic E-state index is 4.04. The Labute approximate surface area is 109 Å². The Hall–Kier alpha value is -1.55. The van der Waals surface area contributed by atoms with Crippen molar-refractivity contribution in [2.24, 2.45) is 0 Å². The van der Waals surface area contributed by atoms with Gasteiger partial charge in [0.1, 0.15) is 0 Å². The Morgan fingerprint density at radius 1 is 1.28 bits per heavy atom. The van der Waals surface area contributed by atoms with Gasteiger partial charge in [0.05, 0.1) is 6.33 Å². The molecule has 2 heterocycles. The fourth-order valence-electron chi connectivity index (χ4n) is 2.13. The van der Waals surface area contributed by atoms with E-state index in [4.69, 9.17) is 0 Å². The van der Waals surface area contributed by atoms with Crippen molar-refractivity contribution >= 4 is 0 Å². The van der Waals surface area contributed by atoms with E-state index in [1.165, 1.54) is 5.56 Å². The molecule has 1 unspecified atom stereocenters. The molecule has 2 rings (SSSR count). The SMILES string of the molecule is CCNC(C)c1ccn(CCCn2ccnc2)c1. The smallest absolute Gasteiger partial charge is 0.0945 e. The van der Waals surface area contributed by atoms with Crippen LogP contribution in [0.3, 0.4) is 0 Å². The molecule has 0 aliphatic carbocycles. The molecule has 0 spiro atoms. The number of rotatable bonds is 7. The third-order valence-electron chi connectivity index (χ3n) is 3.18. The van der Waals surface area contributed by atoms with E-state index in [0.29, 0.717) is 6.04 Å². The molecule has 0 radical (unpaired) electrons. The van der Waals surface area contributed by atoms with Gasteiger partial charge < -0.3 is 14.5 Å². The summed E-state index contributed by atoms with van der Waals surface area (Å²) in [5.41, 5.74) is 1.36. The van der Waals surface area contributed by atoms with Gasteiger partial charge in [0, 0.05) is 43.9 Å². The van der Waals surface area contributed by atoms with Crippen LogP contribution in [0.4, 0.5) is 0 Å².